The fraction of sp³-hybridized carbons (Fsp3) is 0.529. The van der Waals surface area contributed by atoms with Crippen molar-refractivity contribution in [2.75, 3.05) is 19.6 Å². The van der Waals surface area contributed by atoms with E-state index in [1.165, 1.54) is 6.42 Å². The van der Waals surface area contributed by atoms with Crippen LogP contribution in [0, 0.1) is 0 Å². The van der Waals surface area contributed by atoms with E-state index in [4.69, 9.17) is 4.74 Å². The second-order valence-corrected chi connectivity index (χ2v) is 5.49. The highest BCUT2D eigenvalue weighted by Gasteiger charge is 2.21. The van der Waals surface area contributed by atoms with Gasteiger partial charge in [0.25, 0.3) is 0 Å². The van der Waals surface area contributed by atoms with Gasteiger partial charge in [-0.25, -0.2) is 4.79 Å². The van der Waals surface area contributed by atoms with Gasteiger partial charge in [-0.15, -0.1) is 0 Å². The van der Waals surface area contributed by atoms with E-state index in [0.717, 1.165) is 38.0 Å². The molecule has 1 aromatic carbocycles. The maximum absolute atomic E-state index is 11.9. The molecular formula is C17H24N2O2. The minimum atomic E-state index is -0.467. The van der Waals surface area contributed by atoms with E-state index in [9.17, 15) is 4.79 Å². The summed E-state index contributed by atoms with van der Waals surface area (Å²) in [6.07, 6.45) is 2.53. The molecule has 1 aromatic rings. The number of rotatable bonds is 4. The number of carbonyl (C=O) groups is 1. The van der Waals surface area contributed by atoms with Gasteiger partial charge in [-0.3, -0.25) is 0 Å². The van der Waals surface area contributed by atoms with Crippen LogP contribution in [0.3, 0.4) is 0 Å². The summed E-state index contributed by atoms with van der Waals surface area (Å²) < 4.78 is 5.46. The fourth-order valence-electron chi connectivity index (χ4n) is 2.62. The normalized spacial score (nSPS) is 17.7. The zero-order valence-electron chi connectivity index (χ0n) is 12.9. The molecule has 0 unspecified atom stereocenters. The summed E-state index contributed by atoms with van der Waals surface area (Å²) in [7, 11) is 0. The first-order valence-electron chi connectivity index (χ1n) is 7.72. The molecule has 0 bridgehead atoms. The third-order valence-corrected chi connectivity index (χ3v) is 3.79. The molecule has 0 saturated carbocycles. The Morgan fingerprint density at radius 2 is 1.95 bits per heavy atom. The number of benzene rings is 1. The second-order valence-electron chi connectivity index (χ2n) is 5.49. The van der Waals surface area contributed by atoms with Gasteiger partial charge in [0.15, 0.2) is 0 Å². The van der Waals surface area contributed by atoms with Crippen molar-refractivity contribution in [3.8, 4) is 0 Å². The zero-order chi connectivity index (χ0) is 15.1. The van der Waals surface area contributed by atoms with Crippen LogP contribution in [0.25, 0.3) is 0 Å². The summed E-state index contributed by atoms with van der Waals surface area (Å²) in [6.45, 7) is 7.17. The lowest BCUT2D eigenvalue weighted by molar-refractivity contribution is 0.0567. The number of likely N-dealkylation sites (tertiary alicyclic amines) is 1. The molecule has 0 spiro atoms. The lowest BCUT2D eigenvalue weighted by atomic mass is 10.1. The smallest absolute Gasteiger partial charge is 0.434 e. The molecule has 1 aliphatic rings. The third kappa shape index (κ3) is 4.97. The SMILES string of the molecule is CCCN1CCC(OC(=O)/N=C(/C)c2ccccc2)CC1. The predicted molar refractivity (Wildman–Crippen MR) is 84.9 cm³/mol. The third-order valence-electron chi connectivity index (χ3n) is 3.79. The van der Waals surface area contributed by atoms with Gasteiger partial charge in [-0.2, -0.15) is 4.99 Å². The number of amides is 1. The number of aliphatic imine (C=N–C) groups is 1. The summed E-state index contributed by atoms with van der Waals surface area (Å²) in [5, 5.41) is 0. The average Bonchev–Trinajstić information content (AvgIpc) is 2.50. The van der Waals surface area contributed by atoms with Crippen LogP contribution in [-0.4, -0.2) is 42.4 Å². The topological polar surface area (TPSA) is 41.9 Å². The van der Waals surface area contributed by atoms with Gasteiger partial charge in [0.2, 0.25) is 0 Å². The Hall–Kier alpha value is -1.68. The number of nitrogens with zero attached hydrogens (tertiary/aromatic N) is 2. The van der Waals surface area contributed by atoms with E-state index >= 15 is 0 Å². The molecule has 2 rings (SSSR count). The number of hydrogen-bond donors (Lipinski definition) is 0. The van der Waals surface area contributed by atoms with Gasteiger partial charge in [0.1, 0.15) is 6.10 Å². The highest BCUT2D eigenvalue weighted by Crippen LogP contribution is 2.15. The summed E-state index contributed by atoms with van der Waals surface area (Å²) in [5.41, 5.74) is 1.65. The largest absolute Gasteiger partial charge is 0.445 e. The lowest BCUT2D eigenvalue weighted by Crippen LogP contribution is -2.37. The van der Waals surface area contributed by atoms with Crippen LogP contribution in [0.5, 0.6) is 0 Å². The van der Waals surface area contributed by atoms with Gasteiger partial charge in [-0.05, 0) is 38.3 Å². The minimum Gasteiger partial charge on any atom is -0.445 e. The van der Waals surface area contributed by atoms with Crippen molar-refractivity contribution in [2.45, 2.75) is 39.2 Å². The van der Waals surface area contributed by atoms with Crippen molar-refractivity contribution in [3.63, 3.8) is 0 Å². The van der Waals surface area contributed by atoms with E-state index < -0.39 is 6.09 Å². The Morgan fingerprint density at radius 1 is 1.29 bits per heavy atom. The summed E-state index contributed by atoms with van der Waals surface area (Å²) in [4.78, 5) is 18.3. The highest BCUT2D eigenvalue weighted by atomic mass is 16.6. The molecule has 0 aromatic heterocycles. The van der Waals surface area contributed by atoms with E-state index in [1.807, 2.05) is 37.3 Å². The van der Waals surface area contributed by atoms with Crippen molar-refractivity contribution in [2.24, 2.45) is 4.99 Å². The van der Waals surface area contributed by atoms with Gasteiger partial charge >= 0.3 is 6.09 Å². The van der Waals surface area contributed by atoms with Crippen molar-refractivity contribution < 1.29 is 9.53 Å². The van der Waals surface area contributed by atoms with E-state index in [2.05, 4.69) is 16.8 Å². The van der Waals surface area contributed by atoms with Crippen molar-refractivity contribution in [1.82, 2.24) is 4.90 Å². The maximum Gasteiger partial charge on any atom is 0.434 e. The Bertz CT molecular complexity index is 477. The van der Waals surface area contributed by atoms with Gasteiger partial charge in [0.05, 0.1) is 5.71 Å². The van der Waals surface area contributed by atoms with Gasteiger partial charge < -0.3 is 9.64 Å². The molecule has 4 nitrogen and oxygen atoms in total. The van der Waals surface area contributed by atoms with E-state index in [1.54, 1.807) is 0 Å². The number of ether oxygens (including phenoxy) is 1. The predicted octanol–water partition coefficient (Wildman–Crippen LogP) is 3.51. The van der Waals surface area contributed by atoms with Crippen LogP contribution in [0.15, 0.2) is 35.3 Å². The number of piperidine rings is 1. The molecule has 1 amide bonds. The van der Waals surface area contributed by atoms with E-state index in [-0.39, 0.29) is 6.10 Å². The molecule has 0 N–H and O–H groups in total. The molecule has 0 atom stereocenters. The second kappa shape index (κ2) is 7.93. The van der Waals surface area contributed by atoms with Crippen LogP contribution in [0.1, 0.15) is 38.7 Å². The molecule has 0 radical (unpaired) electrons. The summed E-state index contributed by atoms with van der Waals surface area (Å²) >= 11 is 0. The summed E-state index contributed by atoms with van der Waals surface area (Å²) in [5.74, 6) is 0. The van der Waals surface area contributed by atoms with E-state index in [0.29, 0.717) is 5.71 Å². The first kappa shape index (κ1) is 15.7. The molecule has 1 saturated heterocycles. The highest BCUT2D eigenvalue weighted by molar-refractivity contribution is 6.03. The Kier molecular flexibility index (Phi) is 5.93. The quantitative estimate of drug-likeness (QED) is 0.796. The number of carbonyl (C=O) groups excluding carboxylic acids is 1. The van der Waals surface area contributed by atoms with Crippen LogP contribution >= 0.6 is 0 Å². The Balaban J connectivity index is 1.83. The Morgan fingerprint density at radius 3 is 2.57 bits per heavy atom. The van der Waals surface area contributed by atoms with Crippen LogP contribution in [0.2, 0.25) is 0 Å². The Labute approximate surface area is 126 Å². The van der Waals surface area contributed by atoms with Gasteiger partial charge in [-0.1, -0.05) is 37.3 Å². The maximum atomic E-state index is 11.9. The van der Waals surface area contributed by atoms with Crippen molar-refractivity contribution in [1.29, 1.82) is 0 Å². The first-order chi connectivity index (χ1) is 10.2. The fourth-order valence-corrected chi connectivity index (χ4v) is 2.62. The molecule has 4 heteroatoms. The minimum absolute atomic E-state index is 0.0120. The molecule has 0 aliphatic carbocycles. The van der Waals surface area contributed by atoms with Crippen LogP contribution in [0.4, 0.5) is 4.79 Å². The van der Waals surface area contributed by atoms with Crippen molar-refractivity contribution >= 4 is 11.8 Å². The van der Waals surface area contributed by atoms with Gasteiger partial charge in [0, 0.05) is 13.1 Å². The molecular weight excluding hydrogens is 264 g/mol. The standard InChI is InChI=1S/C17H24N2O2/c1-3-11-19-12-9-16(10-13-19)21-17(20)18-14(2)15-7-5-4-6-8-15/h4-8,16H,3,9-13H2,1-2H3/b18-14-. The monoisotopic (exact) mass is 288 g/mol. The molecule has 21 heavy (non-hydrogen) atoms. The molecule has 114 valence electrons. The van der Waals surface area contributed by atoms with Crippen molar-refractivity contribution in [3.05, 3.63) is 35.9 Å². The average molecular weight is 288 g/mol. The molecule has 1 fully saturated rings. The molecule has 1 heterocycles. The summed E-state index contributed by atoms with van der Waals surface area (Å²) in [6, 6.07) is 9.69. The van der Waals surface area contributed by atoms with Crippen LogP contribution < -0.4 is 0 Å². The van der Waals surface area contributed by atoms with Crippen LogP contribution in [-0.2, 0) is 4.74 Å². The molecule has 1 aliphatic heterocycles. The lowest BCUT2D eigenvalue weighted by Gasteiger charge is -2.30. The number of hydrogen-bond acceptors (Lipinski definition) is 3. The first-order valence-corrected chi connectivity index (χ1v) is 7.72. The zero-order valence-corrected chi connectivity index (χ0v) is 12.9.